The summed E-state index contributed by atoms with van der Waals surface area (Å²) < 4.78 is 51.9. The van der Waals surface area contributed by atoms with Crippen molar-refractivity contribution in [3.05, 3.63) is 35.4 Å². The van der Waals surface area contributed by atoms with Crippen molar-refractivity contribution in [1.29, 1.82) is 0 Å². The fourth-order valence-corrected chi connectivity index (χ4v) is 4.25. The van der Waals surface area contributed by atoms with E-state index in [4.69, 9.17) is 5.11 Å². The number of rotatable bonds is 8. The molecule has 0 bridgehead atoms. The van der Waals surface area contributed by atoms with Gasteiger partial charge in [-0.2, -0.15) is 0 Å². The van der Waals surface area contributed by atoms with E-state index in [9.17, 15) is 26.8 Å². The number of halogens is 2. The van der Waals surface area contributed by atoms with Crippen LogP contribution >= 0.6 is 0 Å². The van der Waals surface area contributed by atoms with Gasteiger partial charge in [-0.1, -0.05) is 12.1 Å². The second-order valence-electron chi connectivity index (χ2n) is 5.99. The molecule has 0 saturated carbocycles. The first-order chi connectivity index (χ1) is 12.2. The third-order valence-electron chi connectivity index (χ3n) is 4.12. The van der Waals surface area contributed by atoms with Crippen LogP contribution in [0.5, 0.6) is 0 Å². The molecule has 0 radical (unpaired) electrons. The predicted octanol–water partition coefficient (Wildman–Crippen LogP) is 1.19. The molecule has 2 rings (SSSR count). The van der Waals surface area contributed by atoms with E-state index >= 15 is 0 Å². The monoisotopic (exact) mass is 390 g/mol. The molecule has 1 aliphatic heterocycles. The van der Waals surface area contributed by atoms with Crippen LogP contribution in [0.3, 0.4) is 0 Å². The molecule has 7 nitrogen and oxygen atoms in total. The second kappa shape index (κ2) is 8.54. The topological polar surface area (TPSA) is 95.0 Å². The largest absolute Gasteiger partial charge is 0.481 e. The number of benzene rings is 1. The highest BCUT2D eigenvalue weighted by atomic mass is 32.2. The van der Waals surface area contributed by atoms with Crippen LogP contribution in [0.15, 0.2) is 18.2 Å². The lowest BCUT2D eigenvalue weighted by molar-refractivity contribution is -0.138. The molecule has 1 aromatic rings. The second-order valence-corrected chi connectivity index (χ2v) is 8.08. The van der Waals surface area contributed by atoms with Gasteiger partial charge < -0.3 is 10.0 Å². The van der Waals surface area contributed by atoms with Crippen molar-refractivity contribution in [2.24, 2.45) is 0 Å². The lowest BCUT2D eigenvalue weighted by Crippen LogP contribution is -2.36. The minimum Gasteiger partial charge on any atom is -0.481 e. The van der Waals surface area contributed by atoms with Gasteiger partial charge in [-0.15, -0.1) is 0 Å². The number of hydrogen-bond acceptors (Lipinski definition) is 4. The zero-order valence-corrected chi connectivity index (χ0v) is 14.8. The van der Waals surface area contributed by atoms with Crippen molar-refractivity contribution in [3.8, 4) is 0 Å². The van der Waals surface area contributed by atoms with Crippen LogP contribution in [-0.4, -0.2) is 60.0 Å². The number of nitrogens with zero attached hydrogens (tertiary/aromatic N) is 2. The third kappa shape index (κ3) is 5.21. The molecule has 0 spiro atoms. The van der Waals surface area contributed by atoms with Gasteiger partial charge in [0.05, 0.1) is 12.2 Å². The zero-order valence-electron chi connectivity index (χ0n) is 14.0. The first-order valence-electron chi connectivity index (χ1n) is 8.11. The van der Waals surface area contributed by atoms with Gasteiger partial charge in [0.25, 0.3) is 0 Å². The maximum Gasteiger partial charge on any atom is 0.305 e. The molecule has 1 heterocycles. The normalized spacial score (nSPS) is 16.5. The van der Waals surface area contributed by atoms with E-state index in [1.807, 2.05) is 0 Å². The Hall–Kier alpha value is -2.07. The number of amides is 1. The van der Waals surface area contributed by atoms with Crippen molar-refractivity contribution in [2.45, 2.75) is 25.8 Å². The molecule has 0 atom stereocenters. The van der Waals surface area contributed by atoms with Crippen LogP contribution in [0.2, 0.25) is 0 Å². The minimum absolute atomic E-state index is 0.0175. The molecule has 0 aromatic heterocycles. The van der Waals surface area contributed by atoms with Crippen molar-refractivity contribution >= 4 is 21.9 Å². The van der Waals surface area contributed by atoms with E-state index < -0.39 is 33.5 Å². The third-order valence-corrected chi connectivity index (χ3v) is 6.08. The van der Waals surface area contributed by atoms with Gasteiger partial charge in [-0.25, -0.2) is 21.5 Å². The Morgan fingerprint density at radius 3 is 2.58 bits per heavy atom. The Morgan fingerprint density at radius 2 is 1.96 bits per heavy atom. The molecule has 144 valence electrons. The molecule has 1 fully saturated rings. The van der Waals surface area contributed by atoms with Crippen LogP contribution in [0.1, 0.15) is 24.8 Å². The van der Waals surface area contributed by atoms with Gasteiger partial charge in [-0.05, 0) is 12.5 Å². The van der Waals surface area contributed by atoms with Gasteiger partial charge in [0, 0.05) is 38.2 Å². The van der Waals surface area contributed by atoms with Crippen molar-refractivity contribution in [1.82, 2.24) is 9.21 Å². The van der Waals surface area contributed by atoms with E-state index in [-0.39, 0.29) is 43.8 Å². The summed E-state index contributed by atoms with van der Waals surface area (Å²) in [5, 5.41) is 8.82. The minimum atomic E-state index is -3.35. The molecule has 1 amide bonds. The fourth-order valence-electron chi connectivity index (χ4n) is 2.72. The predicted molar refractivity (Wildman–Crippen MR) is 88.6 cm³/mol. The number of carbonyl (C=O) groups excluding carboxylic acids is 1. The Labute approximate surface area is 150 Å². The summed E-state index contributed by atoms with van der Waals surface area (Å²) in [6.07, 6.45) is -0.0196. The summed E-state index contributed by atoms with van der Waals surface area (Å²) in [6, 6.07) is 3.55. The number of carboxylic acid groups (broad SMARTS) is 1. The Balaban J connectivity index is 2.06. The van der Waals surface area contributed by atoms with E-state index in [0.717, 1.165) is 11.0 Å². The molecule has 0 aliphatic carbocycles. The Kier molecular flexibility index (Phi) is 6.65. The van der Waals surface area contributed by atoms with E-state index in [1.54, 1.807) is 0 Å². The lowest BCUT2D eigenvalue weighted by Gasteiger charge is -2.23. The average molecular weight is 390 g/mol. The van der Waals surface area contributed by atoms with Gasteiger partial charge in [-0.3, -0.25) is 9.59 Å². The summed E-state index contributed by atoms with van der Waals surface area (Å²) in [5.41, 5.74) is -0.0717. The van der Waals surface area contributed by atoms with E-state index in [2.05, 4.69) is 0 Å². The van der Waals surface area contributed by atoms with Crippen molar-refractivity contribution in [2.75, 3.05) is 25.4 Å². The lowest BCUT2D eigenvalue weighted by atomic mass is 10.1. The molecule has 0 unspecified atom stereocenters. The van der Waals surface area contributed by atoms with Crippen molar-refractivity contribution in [3.63, 3.8) is 0 Å². The summed E-state index contributed by atoms with van der Waals surface area (Å²) in [4.78, 5) is 24.3. The molecule has 1 aliphatic rings. The van der Waals surface area contributed by atoms with Gasteiger partial charge >= 0.3 is 5.97 Å². The summed E-state index contributed by atoms with van der Waals surface area (Å²) in [5.74, 6) is -3.76. The average Bonchev–Trinajstić information content (AvgIpc) is 2.91. The first kappa shape index (κ1) is 20.2. The molecular formula is C16H20F2N2O5S. The highest BCUT2D eigenvalue weighted by molar-refractivity contribution is 7.89. The highest BCUT2D eigenvalue weighted by Gasteiger charge is 2.29. The standard InChI is InChI=1S/C16H20F2N2O5S/c17-13-4-1-3-12(16(13)18)11-19(8-6-15(22)23)14(21)5-9-20-7-2-10-26(20,24)25/h1,3-4H,2,5-11H2,(H,22,23). The van der Waals surface area contributed by atoms with Crippen LogP contribution in [0.25, 0.3) is 0 Å². The molecular weight excluding hydrogens is 370 g/mol. The van der Waals surface area contributed by atoms with Crippen LogP contribution in [0, 0.1) is 11.6 Å². The summed E-state index contributed by atoms with van der Waals surface area (Å²) >= 11 is 0. The molecule has 1 N–H and O–H groups in total. The highest BCUT2D eigenvalue weighted by Crippen LogP contribution is 2.17. The Bertz CT molecular complexity index is 785. The maximum atomic E-state index is 13.8. The fraction of sp³-hybridized carbons (Fsp3) is 0.500. The molecule has 1 aromatic carbocycles. The van der Waals surface area contributed by atoms with Crippen molar-refractivity contribution < 1.29 is 31.9 Å². The maximum absolute atomic E-state index is 13.8. The van der Waals surface area contributed by atoms with E-state index in [0.29, 0.717) is 13.0 Å². The molecule has 10 heteroatoms. The number of hydrogen-bond donors (Lipinski definition) is 1. The zero-order chi connectivity index (χ0) is 19.3. The molecule has 1 saturated heterocycles. The van der Waals surface area contributed by atoms with Crippen LogP contribution < -0.4 is 0 Å². The number of aliphatic carboxylic acids is 1. The number of carbonyl (C=O) groups is 2. The number of carboxylic acids is 1. The summed E-state index contributed by atoms with van der Waals surface area (Å²) in [6.45, 7) is -0.154. The molecule has 26 heavy (non-hydrogen) atoms. The van der Waals surface area contributed by atoms with Crippen LogP contribution in [0.4, 0.5) is 8.78 Å². The quantitative estimate of drug-likeness (QED) is 0.720. The van der Waals surface area contributed by atoms with Crippen LogP contribution in [-0.2, 0) is 26.2 Å². The number of sulfonamides is 1. The smallest absolute Gasteiger partial charge is 0.305 e. The first-order valence-corrected chi connectivity index (χ1v) is 9.72. The SMILES string of the molecule is O=C(O)CCN(Cc1cccc(F)c1F)C(=O)CCN1CCCS1(=O)=O. The van der Waals surface area contributed by atoms with Gasteiger partial charge in [0.2, 0.25) is 15.9 Å². The Morgan fingerprint density at radius 1 is 1.23 bits per heavy atom. The van der Waals surface area contributed by atoms with E-state index in [1.165, 1.54) is 16.4 Å². The van der Waals surface area contributed by atoms with Gasteiger partial charge in [0.1, 0.15) is 0 Å². The van der Waals surface area contributed by atoms with Gasteiger partial charge in [0.15, 0.2) is 11.6 Å². The summed E-state index contributed by atoms with van der Waals surface area (Å²) in [7, 11) is -3.35.